The standard InChI is InChI=1S/C13H26N2O/c1-5-8-13(4,14)12(16)15-9-10(2)6-7-11(15)3/h10-11H,5-9,14H2,1-4H3. The first-order chi connectivity index (χ1) is 7.38. The summed E-state index contributed by atoms with van der Waals surface area (Å²) in [6.45, 7) is 9.15. The smallest absolute Gasteiger partial charge is 0.242 e. The third-order valence-electron chi connectivity index (χ3n) is 3.64. The normalized spacial score (nSPS) is 29.9. The molecule has 0 aromatic heterocycles. The molecule has 1 saturated heterocycles. The lowest BCUT2D eigenvalue weighted by atomic mass is 9.90. The van der Waals surface area contributed by atoms with E-state index in [4.69, 9.17) is 5.73 Å². The number of likely N-dealkylation sites (tertiary alicyclic amines) is 1. The molecular weight excluding hydrogens is 200 g/mol. The molecule has 0 spiro atoms. The van der Waals surface area contributed by atoms with Crippen LogP contribution in [-0.2, 0) is 4.79 Å². The first-order valence-electron chi connectivity index (χ1n) is 6.48. The zero-order valence-electron chi connectivity index (χ0n) is 11.1. The molecule has 1 rings (SSSR count). The molecule has 0 saturated carbocycles. The van der Waals surface area contributed by atoms with Crippen molar-refractivity contribution in [2.24, 2.45) is 11.7 Å². The molecule has 3 heteroatoms. The van der Waals surface area contributed by atoms with Crippen molar-refractivity contribution in [2.75, 3.05) is 6.54 Å². The third-order valence-corrected chi connectivity index (χ3v) is 3.64. The Morgan fingerprint density at radius 3 is 2.62 bits per heavy atom. The fourth-order valence-electron chi connectivity index (χ4n) is 2.53. The van der Waals surface area contributed by atoms with E-state index in [1.54, 1.807) is 0 Å². The molecule has 3 nitrogen and oxygen atoms in total. The number of hydrogen-bond acceptors (Lipinski definition) is 2. The van der Waals surface area contributed by atoms with Crippen LogP contribution >= 0.6 is 0 Å². The highest BCUT2D eigenvalue weighted by Gasteiger charge is 2.36. The molecule has 1 aliphatic heterocycles. The first kappa shape index (κ1) is 13.5. The highest BCUT2D eigenvalue weighted by Crippen LogP contribution is 2.24. The second-order valence-electron chi connectivity index (χ2n) is 5.66. The van der Waals surface area contributed by atoms with Crippen molar-refractivity contribution in [3.05, 3.63) is 0 Å². The third kappa shape index (κ3) is 2.97. The Balaban J connectivity index is 2.71. The molecule has 0 aromatic rings. The molecule has 1 aliphatic rings. The van der Waals surface area contributed by atoms with Gasteiger partial charge >= 0.3 is 0 Å². The molecule has 2 N–H and O–H groups in total. The molecule has 3 unspecified atom stereocenters. The Hall–Kier alpha value is -0.570. The lowest BCUT2D eigenvalue weighted by molar-refractivity contribution is -0.141. The summed E-state index contributed by atoms with van der Waals surface area (Å²) < 4.78 is 0. The van der Waals surface area contributed by atoms with Crippen LogP contribution < -0.4 is 5.73 Å². The predicted octanol–water partition coefficient (Wildman–Crippen LogP) is 2.15. The van der Waals surface area contributed by atoms with Gasteiger partial charge in [-0.3, -0.25) is 4.79 Å². The van der Waals surface area contributed by atoms with Crippen LogP contribution in [0.5, 0.6) is 0 Å². The molecular formula is C13H26N2O. The van der Waals surface area contributed by atoms with Gasteiger partial charge in [-0.25, -0.2) is 0 Å². The SMILES string of the molecule is CCCC(C)(N)C(=O)N1CC(C)CCC1C. The van der Waals surface area contributed by atoms with Crippen LogP contribution in [0.4, 0.5) is 0 Å². The second-order valence-corrected chi connectivity index (χ2v) is 5.66. The highest BCUT2D eigenvalue weighted by molar-refractivity contribution is 5.86. The maximum Gasteiger partial charge on any atom is 0.242 e. The Kier molecular flexibility index (Phi) is 4.36. The Bertz CT molecular complexity index is 250. The van der Waals surface area contributed by atoms with Crippen molar-refractivity contribution >= 4 is 5.91 Å². The number of amides is 1. The van der Waals surface area contributed by atoms with Crippen LogP contribution in [0.3, 0.4) is 0 Å². The largest absolute Gasteiger partial charge is 0.338 e. The van der Waals surface area contributed by atoms with E-state index in [0.717, 1.165) is 25.8 Å². The van der Waals surface area contributed by atoms with Gasteiger partial charge in [0.05, 0.1) is 5.54 Å². The van der Waals surface area contributed by atoms with Gasteiger partial charge in [-0.1, -0.05) is 20.3 Å². The minimum Gasteiger partial charge on any atom is -0.338 e. The van der Waals surface area contributed by atoms with E-state index in [9.17, 15) is 4.79 Å². The van der Waals surface area contributed by atoms with Gasteiger partial charge < -0.3 is 10.6 Å². The van der Waals surface area contributed by atoms with Crippen LogP contribution in [0.2, 0.25) is 0 Å². The molecule has 1 heterocycles. The Labute approximate surface area is 99.4 Å². The van der Waals surface area contributed by atoms with E-state index in [1.807, 2.05) is 11.8 Å². The Morgan fingerprint density at radius 2 is 2.06 bits per heavy atom. The fraction of sp³-hybridized carbons (Fsp3) is 0.923. The average molecular weight is 226 g/mol. The number of piperidine rings is 1. The molecule has 0 aliphatic carbocycles. The number of nitrogens with two attached hydrogens (primary N) is 1. The fourth-order valence-corrected chi connectivity index (χ4v) is 2.53. The summed E-state index contributed by atoms with van der Waals surface area (Å²) in [6, 6.07) is 0.350. The molecule has 1 fully saturated rings. The van der Waals surface area contributed by atoms with Gasteiger partial charge in [0.25, 0.3) is 0 Å². The highest BCUT2D eigenvalue weighted by atomic mass is 16.2. The number of carbonyl (C=O) groups is 1. The summed E-state index contributed by atoms with van der Waals surface area (Å²) in [5, 5.41) is 0. The zero-order valence-corrected chi connectivity index (χ0v) is 11.1. The van der Waals surface area contributed by atoms with E-state index in [-0.39, 0.29) is 5.91 Å². The molecule has 0 aromatic carbocycles. The van der Waals surface area contributed by atoms with Crippen molar-refractivity contribution < 1.29 is 4.79 Å². The maximum absolute atomic E-state index is 12.4. The molecule has 16 heavy (non-hydrogen) atoms. The molecule has 1 amide bonds. The predicted molar refractivity (Wildman–Crippen MR) is 67.1 cm³/mol. The molecule has 3 atom stereocenters. The number of carbonyl (C=O) groups excluding carboxylic acids is 1. The van der Waals surface area contributed by atoms with Crippen LogP contribution in [-0.4, -0.2) is 28.9 Å². The van der Waals surface area contributed by atoms with Gasteiger partial charge in [0.2, 0.25) is 5.91 Å². The van der Waals surface area contributed by atoms with Crippen molar-refractivity contribution in [3.8, 4) is 0 Å². The number of nitrogens with zero attached hydrogens (tertiary/aromatic N) is 1. The van der Waals surface area contributed by atoms with E-state index < -0.39 is 5.54 Å². The van der Waals surface area contributed by atoms with Crippen LogP contribution in [0, 0.1) is 5.92 Å². The van der Waals surface area contributed by atoms with E-state index in [0.29, 0.717) is 12.0 Å². The van der Waals surface area contributed by atoms with Crippen LogP contribution in [0.1, 0.15) is 53.4 Å². The van der Waals surface area contributed by atoms with E-state index >= 15 is 0 Å². The summed E-state index contributed by atoms with van der Waals surface area (Å²) >= 11 is 0. The topological polar surface area (TPSA) is 46.3 Å². The molecule has 0 bridgehead atoms. The summed E-state index contributed by atoms with van der Waals surface area (Å²) in [7, 11) is 0. The minimum atomic E-state index is -0.680. The molecule has 0 radical (unpaired) electrons. The van der Waals surface area contributed by atoms with E-state index in [2.05, 4.69) is 20.8 Å². The van der Waals surface area contributed by atoms with Crippen molar-refractivity contribution in [1.29, 1.82) is 0 Å². The maximum atomic E-state index is 12.4. The van der Waals surface area contributed by atoms with Gasteiger partial charge in [0, 0.05) is 12.6 Å². The van der Waals surface area contributed by atoms with Gasteiger partial charge in [-0.05, 0) is 39.0 Å². The van der Waals surface area contributed by atoms with Gasteiger partial charge in [0.1, 0.15) is 0 Å². The Morgan fingerprint density at radius 1 is 1.44 bits per heavy atom. The second kappa shape index (κ2) is 5.17. The summed E-state index contributed by atoms with van der Waals surface area (Å²) in [6.07, 6.45) is 4.05. The van der Waals surface area contributed by atoms with Gasteiger partial charge in [-0.15, -0.1) is 0 Å². The number of hydrogen-bond donors (Lipinski definition) is 1. The van der Waals surface area contributed by atoms with Crippen molar-refractivity contribution in [2.45, 2.75) is 65.0 Å². The van der Waals surface area contributed by atoms with Gasteiger partial charge in [-0.2, -0.15) is 0 Å². The minimum absolute atomic E-state index is 0.133. The average Bonchev–Trinajstić information content (AvgIpc) is 2.20. The van der Waals surface area contributed by atoms with Crippen molar-refractivity contribution in [1.82, 2.24) is 4.90 Å². The summed E-state index contributed by atoms with van der Waals surface area (Å²) in [4.78, 5) is 14.4. The molecule has 94 valence electrons. The van der Waals surface area contributed by atoms with Gasteiger partial charge in [0.15, 0.2) is 0 Å². The lowest BCUT2D eigenvalue weighted by Gasteiger charge is -2.41. The van der Waals surface area contributed by atoms with Crippen LogP contribution in [0.25, 0.3) is 0 Å². The monoisotopic (exact) mass is 226 g/mol. The quantitative estimate of drug-likeness (QED) is 0.801. The lowest BCUT2D eigenvalue weighted by Crippen LogP contribution is -2.57. The number of rotatable bonds is 3. The zero-order chi connectivity index (χ0) is 12.3. The summed E-state index contributed by atoms with van der Waals surface area (Å²) in [5.74, 6) is 0.742. The van der Waals surface area contributed by atoms with E-state index in [1.165, 1.54) is 6.42 Å². The van der Waals surface area contributed by atoms with Crippen molar-refractivity contribution in [3.63, 3.8) is 0 Å². The summed E-state index contributed by atoms with van der Waals surface area (Å²) in [5.41, 5.74) is 5.44. The van der Waals surface area contributed by atoms with Crippen LogP contribution in [0.15, 0.2) is 0 Å². The first-order valence-corrected chi connectivity index (χ1v) is 6.48.